The van der Waals surface area contributed by atoms with E-state index in [1.165, 1.54) is 141 Å². The summed E-state index contributed by atoms with van der Waals surface area (Å²) >= 11 is 0. The molecule has 0 aliphatic rings. The molecule has 216 valence electrons. The maximum Gasteiger partial charge on any atom is 0.305 e. The molecule has 0 aromatic rings. The second kappa shape index (κ2) is 29.0. The molecule has 0 amide bonds. The van der Waals surface area contributed by atoms with E-state index in [1.807, 2.05) is 7.11 Å². The van der Waals surface area contributed by atoms with Crippen LogP contribution in [-0.4, -0.2) is 25.8 Å². The summed E-state index contributed by atoms with van der Waals surface area (Å²) in [4.78, 5) is 12.3. The number of esters is 1. The molecule has 2 unspecified atom stereocenters. The molecule has 0 rings (SSSR count). The van der Waals surface area contributed by atoms with Crippen molar-refractivity contribution < 1.29 is 14.3 Å². The molecule has 0 aromatic heterocycles. The van der Waals surface area contributed by atoms with Gasteiger partial charge in [0.15, 0.2) is 0 Å². The Morgan fingerprint density at radius 3 is 1.39 bits per heavy atom. The van der Waals surface area contributed by atoms with Crippen LogP contribution in [0.3, 0.4) is 0 Å². The van der Waals surface area contributed by atoms with Gasteiger partial charge >= 0.3 is 5.97 Å². The largest absolute Gasteiger partial charge is 0.465 e. The van der Waals surface area contributed by atoms with Gasteiger partial charge in [0, 0.05) is 13.5 Å². The summed E-state index contributed by atoms with van der Waals surface area (Å²) in [7, 11) is 1.87. The van der Waals surface area contributed by atoms with Crippen molar-refractivity contribution in [1.82, 2.24) is 0 Å². The van der Waals surface area contributed by atoms with Gasteiger partial charge in [-0.15, -0.1) is 0 Å². The first-order valence-electron chi connectivity index (χ1n) is 16.4. The van der Waals surface area contributed by atoms with E-state index in [0.29, 0.717) is 25.0 Å². The maximum absolute atomic E-state index is 12.3. The summed E-state index contributed by atoms with van der Waals surface area (Å²) in [5.74, 6) is 0.599. The molecule has 0 bridgehead atoms. The Hall–Kier alpha value is -0.570. The molecule has 0 heterocycles. The number of hydrogen-bond donors (Lipinski definition) is 0. The Balaban J connectivity index is 3.84. The van der Waals surface area contributed by atoms with Gasteiger partial charge < -0.3 is 9.47 Å². The van der Waals surface area contributed by atoms with Crippen molar-refractivity contribution >= 4 is 5.97 Å². The van der Waals surface area contributed by atoms with Gasteiger partial charge in [0.1, 0.15) is 0 Å². The Bertz CT molecular complexity index is 437. The average Bonchev–Trinajstić information content (AvgIpc) is 2.89. The van der Waals surface area contributed by atoms with E-state index in [9.17, 15) is 4.79 Å². The highest BCUT2D eigenvalue weighted by molar-refractivity contribution is 5.69. The summed E-state index contributed by atoms with van der Waals surface area (Å²) in [5.41, 5.74) is 0. The van der Waals surface area contributed by atoms with Crippen LogP contribution in [0.4, 0.5) is 0 Å². The van der Waals surface area contributed by atoms with Gasteiger partial charge in [-0.1, -0.05) is 143 Å². The third kappa shape index (κ3) is 25.1. The first kappa shape index (κ1) is 35.4. The number of carbonyl (C=O) groups is 1. The van der Waals surface area contributed by atoms with Crippen molar-refractivity contribution in [3.05, 3.63) is 0 Å². The SMILES string of the molecule is CCCCCCCCC(CCCCCC)COC(=O)CCCCCCCCC(CCCCCC)OC. The number of unbranched alkanes of at least 4 members (excludes halogenated alkanes) is 16. The summed E-state index contributed by atoms with van der Waals surface area (Å²) < 4.78 is 11.4. The van der Waals surface area contributed by atoms with Crippen molar-refractivity contribution in [2.24, 2.45) is 5.92 Å². The van der Waals surface area contributed by atoms with Crippen LogP contribution >= 0.6 is 0 Å². The van der Waals surface area contributed by atoms with Gasteiger partial charge in [0.25, 0.3) is 0 Å². The minimum Gasteiger partial charge on any atom is -0.465 e. The minimum absolute atomic E-state index is 0.0301. The fourth-order valence-electron chi connectivity index (χ4n) is 5.19. The summed E-state index contributed by atoms with van der Waals surface area (Å²) in [6, 6.07) is 0. The molecule has 0 saturated heterocycles. The zero-order valence-electron chi connectivity index (χ0n) is 25.3. The number of methoxy groups -OCH3 is 1. The molecule has 0 spiro atoms. The van der Waals surface area contributed by atoms with E-state index in [4.69, 9.17) is 9.47 Å². The van der Waals surface area contributed by atoms with Crippen LogP contribution in [0.1, 0.15) is 181 Å². The Morgan fingerprint density at radius 1 is 0.528 bits per heavy atom. The first-order valence-corrected chi connectivity index (χ1v) is 16.4. The minimum atomic E-state index is 0.0301. The number of ether oxygens (including phenoxy) is 2. The van der Waals surface area contributed by atoms with E-state index >= 15 is 0 Å². The molecule has 0 aromatic carbocycles. The molecule has 0 radical (unpaired) electrons. The lowest BCUT2D eigenvalue weighted by Gasteiger charge is -2.17. The predicted octanol–water partition coefficient (Wildman–Crippen LogP) is 11.0. The van der Waals surface area contributed by atoms with Gasteiger partial charge in [-0.25, -0.2) is 0 Å². The van der Waals surface area contributed by atoms with Gasteiger partial charge in [-0.3, -0.25) is 4.79 Å². The third-order valence-corrected chi connectivity index (χ3v) is 7.78. The third-order valence-electron chi connectivity index (χ3n) is 7.78. The molecule has 0 fully saturated rings. The average molecular weight is 511 g/mol. The summed E-state index contributed by atoms with van der Waals surface area (Å²) in [5, 5.41) is 0. The van der Waals surface area contributed by atoms with Gasteiger partial charge in [-0.05, 0) is 38.0 Å². The highest BCUT2D eigenvalue weighted by atomic mass is 16.5. The first-order chi connectivity index (χ1) is 17.7. The van der Waals surface area contributed by atoms with Crippen molar-refractivity contribution in [1.29, 1.82) is 0 Å². The van der Waals surface area contributed by atoms with Crippen molar-refractivity contribution in [2.45, 2.75) is 187 Å². The topological polar surface area (TPSA) is 35.5 Å². The second-order valence-electron chi connectivity index (χ2n) is 11.3. The summed E-state index contributed by atoms with van der Waals surface area (Å²) in [6.45, 7) is 7.46. The molecule has 0 aliphatic heterocycles. The van der Waals surface area contributed by atoms with Crippen molar-refractivity contribution in [3.8, 4) is 0 Å². The zero-order chi connectivity index (χ0) is 26.5. The Kier molecular flexibility index (Phi) is 28.5. The van der Waals surface area contributed by atoms with Crippen LogP contribution in [0, 0.1) is 5.92 Å². The Morgan fingerprint density at radius 2 is 0.917 bits per heavy atom. The molecule has 0 saturated carbocycles. The molecule has 0 N–H and O–H groups in total. The van der Waals surface area contributed by atoms with Crippen LogP contribution in [0.25, 0.3) is 0 Å². The fraction of sp³-hybridized carbons (Fsp3) is 0.970. The van der Waals surface area contributed by atoms with E-state index in [1.54, 1.807) is 0 Å². The van der Waals surface area contributed by atoms with Crippen molar-refractivity contribution in [2.75, 3.05) is 13.7 Å². The molecule has 36 heavy (non-hydrogen) atoms. The van der Waals surface area contributed by atoms with Crippen LogP contribution in [0.2, 0.25) is 0 Å². The lowest BCUT2D eigenvalue weighted by molar-refractivity contribution is -0.145. The van der Waals surface area contributed by atoms with E-state index in [0.717, 1.165) is 12.8 Å². The maximum atomic E-state index is 12.3. The highest BCUT2D eigenvalue weighted by Crippen LogP contribution is 2.20. The van der Waals surface area contributed by atoms with Crippen molar-refractivity contribution in [3.63, 3.8) is 0 Å². The van der Waals surface area contributed by atoms with E-state index in [-0.39, 0.29) is 5.97 Å². The zero-order valence-corrected chi connectivity index (χ0v) is 25.3. The van der Waals surface area contributed by atoms with Crippen LogP contribution in [0.5, 0.6) is 0 Å². The summed E-state index contributed by atoms with van der Waals surface area (Å²) in [6.07, 6.45) is 31.7. The monoisotopic (exact) mass is 511 g/mol. The normalized spacial score (nSPS) is 13.1. The number of rotatable bonds is 29. The lowest BCUT2D eigenvalue weighted by Crippen LogP contribution is -2.14. The van der Waals surface area contributed by atoms with Crippen LogP contribution in [-0.2, 0) is 14.3 Å². The second-order valence-corrected chi connectivity index (χ2v) is 11.3. The fourth-order valence-corrected chi connectivity index (χ4v) is 5.19. The quantitative estimate of drug-likeness (QED) is 0.0741. The smallest absolute Gasteiger partial charge is 0.305 e. The molecule has 3 nitrogen and oxygen atoms in total. The van der Waals surface area contributed by atoms with Gasteiger partial charge in [-0.2, -0.15) is 0 Å². The number of carbonyl (C=O) groups excluding carboxylic acids is 1. The molecule has 0 aliphatic carbocycles. The molecular weight excluding hydrogens is 444 g/mol. The van der Waals surface area contributed by atoms with Crippen LogP contribution in [0.15, 0.2) is 0 Å². The lowest BCUT2D eigenvalue weighted by atomic mass is 9.95. The standard InChI is InChI=1S/C33H66O3/c1-5-8-11-14-17-21-26-31(25-20-12-9-6-2)30-36-33(34)29-24-19-16-15-18-23-28-32(35-4)27-22-13-10-7-3/h31-32H,5-30H2,1-4H3. The van der Waals surface area contributed by atoms with Crippen LogP contribution < -0.4 is 0 Å². The van der Waals surface area contributed by atoms with E-state index in [2.05, 4.69) is 20.8 Å². The molecule has 2 atom stereocenters. The van der Waals surface area contributed by atoms with Gasteiger partial charge in [0.2, 0.25) is 0 Å². The van der Waals surface area contributed by atoms with Gasteiger partial charge in [0.05, 0.1) is 12.7 Å². The number of hydrogen-bond acceptors (Lipinski definition) is 3. The molecular formula is C33H66O3. The highest BCUT2D eigenvalue weighted by Gasteiger charge is 2.12. The molecule has 3 heteroatoms. The predicted molar refractivity (Wildman–Crippen MR) is 158 cm³/mol. The van der Waals surface area contributed by atoms with E-state index < -0.39 is 0 Å². The Labute approximate surface area is 227 Å².